The number of rotatable bonds is 3. The summed E-state index contributed by atoms with van der Waals surface area (Å²) in [5.41, 5.74) is 1.12. The number of aryl methyl sites for hydroxylation is 1. The van der Waals surface area contributed by atoms with Gasteiger partial charge in [0.25, 0.3) is 0 Å². The standard InChI is InChI=1S/C16H13FO4/c1-10-3-6-12(17)9-14(10)16(19)21-13-7-4-11(5-8-13)15(18)20-2/h3-9H,1-2H3. The van der Waals surface area contributed by atoms with Gasteiger partial charge in [-0.3, -0.25) is 0 Å². The molecule has 5 heteroatoms. The first-order valence-electron chi connectivity index (χ1n) is 6.18. The van der Waals surface area contributed by atoms with Gasteiger partial charge in [0.2, 0.25) is 0 Å². The summed E-state index contributed by atoms with van der Waals surface area (Å²) in [5, 5.41) is 0. The van der Waals surface area contributed by atoms with E-state index < -0.39 is 17.8 Å². The predicted octanol–water partition coefficient (Wildman–Crippen LogP) is 3.14. The lowest BCUT2D eigenvalue weighted by atomic mass is 10.1. The number of benzene rings is 2. The number of carbonyl (C=O) groups excluding carboxylic acids is 2. The molecular weight excluding hydrogens is 275 g/mol. The molecule has 0 aliphatic rings. The molecule has 0 heterocycles. The van der Waals surface area contributed by atoms with Crippen molar-refractivity contribution in [2.45, 2.75) is 6.92 Å². The van der Waals surface area contributed by atoms with Gasteiger partial charge in [-0.25, -0.2) is 14.0 Å². The molecule has 0 aliphatic heterocycles. The van der Waals surface area contributed by atoms with Crippen molar-refractivity contribution in [3.8, 4) is 5.75 Å². The topological polar surface area (TPSA) is 52.6 Å². The molecule has 21 heavy (non-hydrogen) atoms. The maximum atomic E-state index is 13.2. The third kappa shape index (κ3) is 3.45. The third-order valence-electron chi connectivity index (χ3n) is 2.91. The minimum absolute atomic E-state index is 0.159. The highest BCUT2D eigenvalue weighted by Gasteiger charge is 2.13. The van der Waals surface area contributed by atoms with Gasteiger partial charge < -0.3 is 9.47 Å². The number of hydrogen-bond acceptors (Lipinski definition) is 4. The van der Waals surface area contributed by atoms with Gasteiger partial charge in [-0.2, -0.15) is 0 Å². The first-order valence-corrected chi connectivity index (χ1v) is 6.18. The molecule has 108 valence electrons. The molecule has 2 rings (SSSR count). The number of esters is 2. The van der Waals surface area contributed by atoms with Crippen LogP contribution >= 0.6 is 0 Å². The zero-order valence-corrected chi connectivity index (χ0v) is 11.6. The Bertz CT molecular complexity index is 677. The summed E-state index contributed by atoms with van der Waals surface area (Å²) in [6.45, 7) is 1.69. The van der Waals surface area contributed by atoms with E-state index in [0.717, 1.165) is 6.07 Å². The second-order valence-electron chi connectivity index (χ2n) is 4.36. The molecule has 2 aromatic rings. The second kappa shape index (κ2) is 6.17. The monoisotopic (exact) mass is 288 g/mol. The largest absolute Gasteiger partial charge is 0.465 e. The van der Waals surface area contributed by atoms with E-state index in [0.29, 0.717) is 11.1 Å². The molecule has 0 radical (unpaired) electrons. The molecule has 0 spiro atoms. The van der Waals surface area contributed by atoms with E-state index in [9.17, 15) is 14.0 Å². The lowest BCUT2D eigenvalue weighted by molar-refractivity contribution is 0.0600. The summed E-state index contributed by atoms with van der Waals surface area (Å²) >= 11 is 0. The normalized spacial score (nSPS) is 10.0. The molecule has 0 saturated heterocycles. The number of methoxy groups -OCH3 is 1. The molecule has 0 aliphatic carbocycles. The molecule has 0 N–H and O–H groups in total. The Hall–Kier alpha value is -2.69. The van der Waals surface area contributed by atoms with Crippen LogP contribution in [-0.4, -0.2) is 19.0 Å². The van der Waals surface area contributed by atoms with E-state index in [1.165, 1.54) is 43.5 Å². The van der Waals surface area contributed by atoms with Crippen LogP contribution in [0.1, 0.15) is 26.3 Å². The molecule has 0 amide bonds. The summed E-state index contributed by atoms with van der Waals surface area (Å²) in [4.78, 5) is 23.3. The zero-order chi connectivity index (χ0) is 15.4. The van der Waals surface area contributed by atoms with Gasteiger partial charge in [-0.15, -0.1) is 0 Å². The van der Waals surface area contributed by atoms with Crippen molar-refractivity contribution in [1.82, 2.24) is 0 Å². The minimum atomic E-state index is -0.655. The third-order valence-corrected chi connectivity index (χ3v) is 2.91. The van der Waals surface area contributed by atoms with Gasteiger partial charge in [-0.1, -0.05) is 6.07 Å². The molecule has 0 unspecified atom stereocenters. The van der Waals surface area contributed by atoms with Crippen molar-refractivity contribution in [2.24, 2.45) is 0 Å². The van der Waals surface area contributed by atoms with E-state index in [1.54, 1.807) is 6.92 Å². The smallest absolute Gasteiger partial charge is 0.343 e. The fourth-order valence-corrected chi connectivity index (χ4v) is 1.75. The quantitative estimate of drug-likeness (QED) is 0.643. The summed E-state index contributed by atoms with van der Waals surface area (Å²) in [6, 6.07) is 9.81. The van der Waals surface area contributed by atoms with Crippen LogP contribution in [0, 0.1) is 12.7 Å². The molecule has 0 bridgehead atoms. The van der Waals surface area contributed by atoms with Crippen LogP contribution in [0.3, 0.4) is 0 Å². The highest BCUT2D eigenvalue weighted by Crippen LogP contribution is 2.17. The van der Waals surface area contributed by atoms with E-state index >= 15 is 0 Å². The van der Waals surface area contributed by atoms with Gasteiger partial charge in [0.15, 0.2) is 0 Å². The van der Waals surface area contributed by atoms with Crippen LogP contribution in [0.2, 0.25) is 0 Å². The number of hydrogen-bond donors (Lipinski definition) is 0. The van der Waals surface area contributed by atoms with Crippen molar-refractivity contribution in [2.75, 3.05) is 7.11 Å². The van der Waals surface area contributed by atoms with Gasteiger partial charge in [-0.05, 0) is 48.9 Å². The van der Waals surface area contributed by atoms with E-state index in [2.05, 4.69) is 4.74 Å². The van der Waals surface area contributed by atoms with Crippen LogP contribution in [0.15, 0.2) is 42.5 Å². The molecule has 0 atom stereocenters. The SMILES string of the molecule is COC(=O)c1ccc(OC(=O)c2cc(F)ccc2C)cc1. The van der Waals surface area contributed by atoms with E-state index in [4.69, 9.17) is 4.74 Å². The molecular formula is C16H13FO4. The summed E-state index contributed by atoms with van der Waals surface area (Å²) in [7, 11) is 1.28. The summed E-state index contributed by atoms with van der Waals surface area (Å²) < 4.78 is 22.9. The zero-order valence-electron chi connectivity index (χ0n) is 11.6. The Balaban J connectivity index is 2.16. The molecule has 0 aromatic heterocycles. The second-order valence-corrected chi connectivity index (χ2v) is 4.36. The fraction of sp³-hybridized carbons (Fsp3) is 0.125. The first-order chi connectivity index (χ1) is 10.0. The van der Waals surface area contributed by atoms with Crippen LogP contribution in [0.25, 0.3) is 0 Å². The van der Waals surface area contributed by atoms with Crippen molar-refractivity contribution in [3.05, 3.63) is 65.0 Å². The maximum Gasteiger partial charge on any atom is 0.343 e. The summed E-state index contributed by atoms with van der Waals surface area (Å²) in [6.07, 6.45) is 0. The van der Waals surface area contributed by atoms with E-state index in [1.807, 2.05) is 0 Å². The van der Waals surface area contributed by atoms with Gasteiger partial charge in [0, 0.05) is 0 Å². The predicted molar refractivity (Wildman–Crippen MR) is 73.9 cm³/mol. The van der Waals surface area contributed by atoms with Crippen molar-refractivity contribution < 1.29 is 23.5 Å². The van der Waals surface area contributed by atoms with Crippen LogP contribution < -0.4 is 4.74 Å². The van der Waals surface area contributed by atoms with Gasteiger partial charge in [0.05, 0.1) is 18.2 Å². The van der Waals surface area contributed by atoms with E-state index in [-0.39, 0.29) is 11.3 Å². The highest BCUT2D eigenvalue weighted by atomic mass is 19.1. The Labute approximate surface area is 121 Å². The van der Waals surface area contributed by atoms with Gasteiger partial charge >= 0.3 is 11.9 Å². The minimum Gasteiger partial charge on any atom is -0.465 e. The highest BCUT2D eigenvalue weighted by molar-refractivity contribution is 5.93. The number of ether oxygens (including phenoxy) is 2. The Morgan fingerprint density at radius 2 is 1.67 bits per heavy atom. The Kier molecular flexibility index (Phi) is 4.33. The van der Waals surface area contributed by atoms with Crippen LogP contribution in [-0.2, 0) is 4.74 Å². The lowest BCUT2D eigenvalue weighted by Gasteiger charge is -2.07. The Morgan fingerprint density at radius 1 is 1.00 bits per heavy atom. The Morgan fingerprint density at radius 3 is 2.29 bits per heavy atom. The first kappa shape index (κ1) is 14.7. The molecule has 4 nitrogen and oxygen atoms in total. The summed E-state index contributed by atoms with van der Waals surface area (Å²) in [5.74, 6) is -1.38. The molecule has 2 aromatic carbocycles. The van der Waals surface area contributed by atoms with Crippen LogP contribution in [0.5, 0.6) is 5.75 Å². The average Bonchev–Trinajstić information content (AvgIpc) is 2.49. The number of halogens is 1. The van der Waals surface area contributed by atoms with Gasteiger partial charge in [0.1, 0.15) is 11.6 Å². The maximum absolute atomic E-state index is 13.2. The number of carbonyl (C=O) groups is 2. The average molecular weight is 288 g/mol. The fourth-order valence-electron chi connectivity index (χ4n) is 1.75. The van der Waals surface area contributed by atoms with Crippen molar-refractivity contribution >= 4 is 11.9 Å². The van der Waals surface area contributed by atoms with Crippen molar-refractivity contribution in [3.63, 3.8) is 0 Å². The molecule has 0 fully saturated rings. The van der Waals surface area contributed by atoms with Crippen molar-refractivity contribution in [1.29, 1.82) is 0 Å². The van der Waals surface area contributed by atoms with Crippen LogP contribution in [0.4, 0.5) is 4.39 Å². The lowest BCUT2D eigenvalue weighted by Crippen LogP contribution is -2.11. The molecule has 0 saturated carbocycles.